The molecule has 1 heterocycles. The maximum Gasteiger partial charge on any atom is 0.275 e. The summed E-state index contributed by atoms with van der Waals surface area (Å²) in [6.07, 6.45) is 5.23. The van der Waals surface area contributed by atoms with Gasteiger partial charge in [-0.3, -0.25) is 10.1 Å². The van der Waals surface area contributed by atoms with E-state index in [4.69, 9.17) is 0 Å². The molecule has 0 saturated heterocycles. The maximum absolute atomic E-state index is 11.5. The molecule has 1 aliphatic heterocycles. The van der Waals surface area contributed by atoms with E-state index >= 15 is 0 Å². The second-order valence-electron chi connectivity index (χ2n) is 6.48. The highest BCUT2D eigenvalue weighted by molar-refractivity contribution is 9.10. The maximum atomic E-state index is 11.5. The zero-order valence-corrected chi connectivity index (χ0v) is 14.8. The Balaban J connectivity index is 1.88. The van der Waals surface area contributed by atoms with Gasteiger partial charge in [0.05, 0.1) is 16.5 Å². The molecule has 0 aromatic heterocycles. The average molecular weight is 385 g/mol. The third-order valence-corrected chi connectivity index (χ3v) is 5.60. The molecule has 0 amide bonds. The predicted molar refractivity (Wildman–Crippen MR) is 98.3 cm³/mol. The molecule has 0 fully saturated rings. The van der Waals surface area contributed by atoms with Crippen molar-refractivity contribution in [1.82, 2.24) is 0 Å². The summed E-state index contributed by atoms with van der Waals surface area (Å²) in [5.41, 5.74) is 4.23. The average Bonchev–Trinajstić information content (AvgIpc) is 3.04. The van der Waals surface area contributed by atoms with Crippen molar-refractivity contribution in [2.45, 2.75) is 25.3 Å². The summed E-state index contributed by atoms with van der Waals surface area (Å²) >= 11 is 3.55. The quantitative estimate of drug-likeness (QED) is 0.422. The van der Waals surface area contributed by atoms with Crippen LogP contribution in [-0.4, -0.2) is 4.92 Å². The first-order valence-electron chi connectivity index (χ1n) is 8.03. The summed E-state index contributed by atoms with van der Waals surface area (Å²) in [6, 6.07) is 11.9. The number of nitrogens with one attached hydrogen (secondary N) is 1. The van der Waals surface area contributed by atoms with Gasteiger partial charge in [-0.15, -0.1) is 0 Å². The van der Waals surface area contributed by atoms with Crippen LogP contribution < -0.4 is 5.32 Å². The minimum Gasteiger partial charge on any atom is -0.377 e. The predicted octanol–water partition coefficient (Wildman–Crippen LogP) is 5.49. The number of nitro benzene ring substituents is 1. The van der Waals surface area contributed by atoms with Crippen LogP contribution in [0.25, 0.3) is 0 Å². The van der Waals surface area contributed by atoms with E-state index in [0.29, 0.717) is 5.92 Å². The molecule has 0 radical (unpaired) electrons. The van der Waals surface area contributed by atoms with Gasteiger partial charge in [0.15, 0.2) is 0 Å². The lowest BCUT2D eigenvalue weighted by Crippen LogP contribution is -2.30. The van der Waals surface area contributed by atoms with Crippen LogP contribution in [0, 0.1) is 23.0 Å². The van der Waals surface area contributed by atoms with Crippen LogP contribution in [0.5, 0.6) is 0 Å². The monoisotopic (exact) mass is 384 g/mol. The summed E-state index contributed by atoms with van der Waals surface area (Å²) in [4.78, 5) is 11.3. The normalized spacial score (nSPS) is 24.2. The van der Waals surface area contributed by atoms with Crippen molar-refractivity contribution in [3.63, 3.8) is 0 Å². The number of hydrogen-bond acceptors (Lipinski definition) is 3. The molecule has 0 saturated carbocycles. The van der Waals surface area contributed by atoms with Gasteiger partial charge < -0.3 is 5.32 Å². The Bertz CT molecular complexity index is 862. The van der Waals surface area contributed by atoms with Gasteiger partial charge >= 0.3 is 0 Å². The second-order valence-corrected chi connectivity index (χ2v) is 7.39. The summed E-state index contributed by atoms with van der Waals surface area (Å²) in [6.45, 7) is 2.01. The van der Waals surface area contributed by atoms with E-state index in [0.717, 1.165) is 27.7 Å². The number of allylic oxidation sites excluding steroid dienone is 2. The second kappa shape index (κ2) is 5.74. The molecule has 1 aliphatic carbocycles. The number of hydrogen-bond donors (Lipinski definition) is 1. The molecule has 4 nitrogen and oxygen atoms in total. The molecule has 5 heteroatoms. The summed E-state index contributed by atoms with van der Waals surface area (Å²) < 4.78 is 1.05. The third kappa shape index (κ3) is 2.35. The van der Waals surface area contributed by atoms with E-state index < -0.39 is 0 Å². The van der Waals surface area contributed by atoms with Gasteiger partial charge in [-0.1, -0.05) is 46.3 Å². The van der Waals surface area contributed by atoms with Gasteiger partial charge in [-0.05, 0) is 42.5 Å². The standard InChI is InChI=1S/C19H17BrN2O2/c1-11-8-9-16(22(23)24)17-14-6-3-7-15(14)19(21-18(11)17)12-4-2-5-13(20)10-12/h2-6,8-10,14-15,19,21H,7H2,1H3/t14-,15-,19-/m1/s1. The Kier molecular flexibility index (Phi) is 3.68. The number of nitro groups is 1. The van der Waals surface area contributed by atoms with Gasteiger partial charge in [0.1, 0.15) is 0 Å². The number of rotatable bonds is 2. The SMILES string of the molecule is Cc1ccc([N+](=O)[O-])c2c1N[C@H](c1cccc(Br)c1)[C@@H]1CC=C[C@@H]21. The molecule has 24 heavy (non-hydrogen) atoms. The van der Waals surface area contributed by atoms with Crippen molar-refractivity contribution in [1.29, 1.82) is 0 Å². The molecule has 122 valence electrons. The number of aryl methyl sites for hydroxylation is 1. The van der Waals surface area contributed by atoms with E-state index in [9.17, 15) is 10.1 Å². The zero-order valence-electron chi connectivity index (χ0n) is 13.2. The molecule has 0 unspecified atom stereocenters. The first-order chi connectivity index (χ1) is 11.6. The lowest BCUT2D eigenvalue weighted by molar-refractivity contribution is -0.385. The van der Waals surface area contributed by atoms with Crippen molar-refractivity contribution >= 4 is 27.3 Å². The lowest BCUT2D eigenvalue weighted by atomic mass is 9.76. The fraction of sp³-hybridized carbons (Fsp3) is 0.263. The highest BCUT2D eigenvalue weighted by Gasteiger charge is 2.42. The molecule has 1 N–H and O–H groups in total. The molecule has 2 aromatic carbocycles. The number of anilines is 1. The van der Waals surface area contributed by atoms with Crippen LogP contribution >= 0.6 is 15.9 Å². The van der Waals surface area contributed by atoms with Crippen LogP contribution in [0.2, 0.25) is 0 Å². The van der Waals surface area contributed by atoms with Gasteiger partial charge in [-0.2, -0.15) is 0 Å². The highest BCUT2D eigenvalue weighted by Crippen LogP contribution is 2.53. The van der Waals surface area contributed by atoms with Gasteiger partial charge in [0.25, 0.3) is 5.69 Å². The summed E-state index contributed by atoms with van der Waals surface area (Å²) in [5, 5.41) is 15.1. The molecule has 0 spiro atoms. The topological polar surface area (TPSA) is 55.2 Å². The number of benzene rings is 2. The van der Waals surface area contributed by atoms with Crippen molar-refractivity contribution in [3.05, 3.63) is 79.8 Å². The molecule has 0 bridgehead atoms. The third-order valence-electron chi connectivity index (χ3n) is 5.11. The Morgan fingerprint density at radius 2 is 2.12 bits per heavy atom. The minimum absolute atomic E-state index is 0.0885. The Hall–Kier alpha value is -2.14. The zero-order chi connectivity index (χ0) is 16.8. The van der Waals surface area contributed by atoms with Crippen molar-refractivity contribution in [2.75, 3.05) is 5.32 Å². The van der Waals surface area contributed by atoms with Crippen molar-refractivity contribution in [2.24, 2.45) is 5.92 Å². The van der Waals surface area contributed by atoms with Gasteiger partial charge in [0.2, 0.25) is 0 Å². The van der Waals surface area contributed by atoms with E-state index in [1.807, 2.05) is 25.1 Å². The van der Waals surface area contributed by atoms with E-state index in [-0.39, 0.29) is 22.6 Å². The van der Waals surface area contributed by atoms with Gasteiger partial charge in [-0.25, -0.2) is 0 Å². The highest BCUT2D eigenvalue weighted by atomic mass is 79.9. The number of nitrogens with zero attached hydrogens (tertiary/aromatic N) is 1. The summed E-state index contributed by atoms with van der Waals surface area (Å²) in [5.74, 6) is 0.387. The molecule has 3 atom stereocenters. The fourth-order valence-electron chi connectivity index (χ4n) is 4.02. The molecular formula is C19H17BrN2O2. The fourth-order valence-corrected chi connectivity index (χ4v) is 4.44. The van der Waals surface area contributed by atoms with Crippen LogP contribution in [0.15, 0.2) is 53.0 Å². The van der Waals surface area contributed by atoms with Crippen LogP contribution in [-0.2, 0) is 0 Å². The minimum atomic E-state index is -0.261. The van der Waals surface area contributed by atoms with Crippen LogP contribution in [0.4, 0.5) is 11.4 Å². The summed E-state index contributed by atoms with van der Waals surface area (Å²) in [7, 11) is 0. The first-order valence-corrected chi connectivity index (χ1v) is 8.82. The van der Waals surface area contributed by atoms with E-state index in [1.165, 1.54) is 5.56 Å². The molecule has 2 aliphatic rings. The Labute approximate surface area is 148 Å². The smallest absolute Gasteiger partial charge is 0.275 e. The molecule has 4 rings (SSSR count). The van der Waals surface area contributed by atoms with Crippen molar-refractivity contribution in [3.8, 4) is 0 Å². The molecular weight excluding hydrogens is 368 g/mol. The molecule has 2 aromatic rings. The van der Waals surface area contributed by atoms with E-state index in [2.05, 4.69) is 45.5 Å². The number of fused-ring (bicyclic) bond motifs is 3. The lowest BCUT2D eigenvalue weighted by Gasteiger charge is -2.38. The van der Waals surface area contributed by atoms with Gasteiger partial charge in [0, 0.05) is 22.1 Å². The first kappa shape index (κ1) is 15.4. The largest absolute Gasteiger partial charge is 0.377 e. The van der Waals surface area contributed by atoms with Crippen molar-refractivity contribution < 1.29 is 4.92 Å². The van der Waals surface area contributed by atoms with Crippen LogP contribution in [0.3, 0.4) is 0 Å². The Morgan fingerprint density at radius 1 is 1.29 bits per heavy atom. The Morgan fingerprint density at radius 3 is 2.88 bits per heavy atom. The van der Waals surface area contributed by atoms with E-state index in [1.54, 1.807) is 6.07 Å². The number of halogens is 1. The van der Waals surface area contributed by atoms with Crippen LogP contribution in [0.1, 0.15) is 35.1 Å².